The van der Waals surface area contributed by atoms with Crippen molar-refractivity contribution in [2.24, 2.45) is 5.73 Å². The van der Waals surface area contributed by atoms with Crippen LogP contribution in [0.15, 0.2) is 18.3 Å². The maximum atomic E-state index is 11.5. The van der Waals surface area contributed by atoms with Crippen LogP contribution in [0.3, 0.4) is 0 Å². The maximum Gasteiger partial charge on any atom is 0.412 e. The number of carbonyl (C=O) groups excluding carboxylic acids is 1. The molecule has 0 aliphatic rings. The smallest absolute Gasteiger partial charge is 0.412 e. The molecule has 4 N–H and O–H groups in total. The first kappa shape index (κ1) is 18.7. The lowest BCUT2D eigenvalue weighted by Crippen LogP contribution is -2.27. The number of rotatable bonds is 3. The molecule has 0 bridgehead atoms. The number of nitrogens with two attached hydrogens (primary N) is 1. The molecular formula is C12H19BrN4O2S. The number of ether oxygens (including phenoxy) is 1. The van der Waals surface area contributed by atoms with Gasteiger partial charge in [-0.25, -0.2) is 4.79 Å². The molecule has 1 aromatic heterocycles. The van der Waals surface area contributed by atoms with E-state index in [0.29, 0.717) is 11.4 Å². The van der Waals surface area contributed by atoms with E-state index in [2.05, 4.69) is 10.3 Å². The van der Waals surface area contributed by atoms with Gasteiger partial charge < -0.3 is 10.5 Å². The molecule has 0 aromatic carbocycles. The number of amides is 1. The number of anilines is 1. The fourth-order valence-electron chi connectivity index (χ4n) is 1.16. The van der Waals surface area contributed by atoms with Gasteiger partial charge in [0.2, 0.25) is 0 Å². The number of hydrogen-bond donors (Lipinski definition) is 3. The third-order valence-electron chi connectivity index (χ3n) is 1.85. The van der Waals surface area contributed by atoms with Crippen molar-refractivity contribution in [1.29, 1.82) is 5.41 Å². The Hall–Kier alpha value is -1.28. The summed E-state index contributed by atoms with van der Waals surface area (Å²) in [5.74, 6) is 0.530. The Kier molecular flexibility index (Phi) is 7.59. The number of amidine groups is 1. The number of thioether (sulfide) groups is 1. The fraction of sp³-hybridized carbons (Fsp3) is 0.417. The molecular weight excluding hydrogens is 344 g/mol. The molecule has 0 atom stereocenters. The first-order chi connectivity index (χ1) is 8.76. The molecule has 0 saturated heterocycles. The number of aromatic nitrogens is 1. The van der Waals surface area contributed by atoms with Crippen molar-refractivity contribution >= 4 is 45.7 Å². The van der Waals surface area contributed by atoms with Gasteiger partial charge in [-0.1, -0.05) is 11.8 Å². The number of halogens is 1. The molecule has 0 spiro atoms. The second-order valence-electron chi connectivity index (χ2n) is 4.82. The Morgan fingerprint density at radius 1 is 1.50 bits per heavy atom. The van der Waals surface area contributed by atoms with Crippen LogP contribution < -0.4 is 11.1 Å². The molecule has 0 aliphatic heterocycles. The second-order valence-corrected chi connectivity index (χ2v) is 5.84. The highest BCUT2D eigenvalue weighted by molar-refractivity contribution is 8.93. The summed E-state index contributed by atoms with van der Waals surface area (Å²) >= 11 is 1.20. The number of pyridine rings is 1. The van der Waals surface area contributed by atoms with Gasteiger partial charge in [-0.2, -0.15) is 0 Å². The van der Waals surface area contributed by atoms with Crippen LogP contribution in [0.5, 0.6) is 0 Å². The Morgan fingerprint density at radius 3 is 2.60 bits per heavy atom. The summed E-state index contributed by atoms with van der Waals surface area (Å²) in [4.78, 5) is 15.7. The number of nitrogens with one attached hydrogen (secondary N) is 2. The van der Waals surface area contributed by atoms with Crippen LogP contribution in [0.4, 0.5) is 10.5 Å². The van der Waals surface area contributed by atoms with Crippen molar-refractivity contribution in [3.05, 3.63) is 24.0 Å². The molecule has 0 aliphatic carbocycles. The standard InChI is InChI=1S/C12H18N4O2S.BrH/c1-12(2,3)18-11(17)16-8-4-5-9(15-6-8)7-19-10(13)14;/h4-6H,7H2,1-3H3,(H3,13,14)(H,16,17);1H. The number of carbonyl (C=O) groups is 1. The normalized spacial score (nSPS) is 10.3. The van der Waals surface area contributed by atoms with Crippen LogP contribution in [0.2, 0.25) is 0 Å². The molecule has 0 fully saturated rings. The Labute approximate surface area is 133 Å². The average Bonchev–Trinajstić information content (AvgIpc) is 2.25. The second kappa shape index (κ2) is 8.11. The van der Waals surface area contributed by atoms with E-state index in [9.17, 15) is 4.79 Å². The Bertz CT molecular complexity index is 460. The van der Waals surface area contributed by atoms with Crippen LogP contribution >= 0.6 is 28.7 Å². The molecule has 1 amide bonds. The Balaban J connectivity index is 0.00000361. The molecule has 1 rings (SSSR count). The average molecular weight is 363 g/mol. The predicted octanol–water partition coefficient (Wildman–Crippen LogP) is 3.13. The summed E-state index contributed by atoms with van der Waals surface area (Å²) in [5.41, 5.74) is 6.06. The summed E-state index contributed by atoms with van der Waals surface area (Å²) in [7, 11) is 0. The minimum absolute atomic E-state index is 0. The predicted molar refractivity (Wildman–Crippen MR) is 87.6 cm³/mol. The van der Waals surface area contributed by atoms with Crippen LogP contribution in [0, 0.1) is 5.41 Å². The molecule has 0 radical (unpaired) electrons. The SMILES string of the molecule is Br.CC(C)(C)OC(=O)Nc1ccc(CSC(=N)N)nc1. The fourth-order valence-corrected chi connectivity index (χ4v) is 1.63. The Morgan fingerprint density at radius 2 is 2.15 bits per heavy atom. The van der Waals surface area contributed by atoms with Gasteiger partial charge >= 0.3 is 6.09 Å². The van der Waals surface area contributed by atoms with Crippen molar-refractivity contribution < 1.29 is 9.53 Å². The number of hydrogen-bond acceptors (Lipinski definition) is 5. The quantitative estimate of drug-likeness (QED) is 0.566. The monoisotopic (exact) mass is 362 g/mol. The van der Waals surface area contributed by atoms with Gasteiger partial charge in [0, 0.05) is 5.75 Å². The van der Waals surface area contributed by atoms with Crippen LogP contribution in [0.25, 0.3) is 0 Å². The summed E-state index contributed by atoms with van der Waals surface area (Å²) < 4.78 is 5.12. The van der Waals surface area contributed by atoms with Crippen LogP contribution in [-0.2, 0) is 10.5 Å². The van der Waals surface area contributed by atoms with E-state index in [1.54, 1.807) is 39.1 Å². The van der Waals surface area contributed by atoms with Crippen molar-refractivity contribution in [3.8, 4) is 0 Å². The van der Waals surface area contributed by atoms with Crippen molar-refractivity contribution in [1.82, 2.24) is 4.98 Å². The van der Waals surface area contributed by atoms with Gasteiger partial charge in [-0.05, 0) is 32.9 Å². The zero-order valence-electron chi connectivity index (χ0n) is 11.6. The largest absolute Gasteiger partial charge is 0.444 e. The summed E-state index contributed by atoms with van der Waals surface area (Å²) in [6, 6.07) is 3.50. The van der Waals surface area contributed by atoms with E-state index in [-0.39, 0.29) is 22.1 Å². The highest BCUT2D eigenvalue weighted by Gasteiger charge is 2.16. The first-order valence-electron chi connectivity index (χ1n) is 5.68. The summed E-state index contributed by atoms with van der Waals surface area (Å²) in [6.07, 6.45) is 1.03. The number of nitrogens with zero attached hydrogens (tertiary/aromatic N) is 1. The molecule has 20 heavy (non-hydrogen) atoms. The summed E-state index contributed by atoms with van der Waals surface area (Å²) in [6.45, 7) is 5.40. The molecule has 0 saturated carbocycles. The lowest BCUT2D eigenvalue weighted by atomic mass is 10.2. The van der Waals surface area contributed by atoms with Gasteiger partial charge in [-0.15, -0.1) is 17.0 Å². The van der Waals surface area contributed by atoms with Gasteiger partial charge in [0.15, 0.2) is 5.17 Å². The van der Waals surface area contributed by atoms with Gasteiger partial charge in [-0.3, -0.25) is 15.7 Å². The van der Waals surface area contributed by atoms with Crippen molar-refractivity contribution in [2.75, 3.05) is 5.32 Å². The zero-order chi connectivity index (χ0) is 14.5. The first-order valence-corrected chi connectivity index (χ1v) is 6.66. The van der Waals surface area contributed by atoms with E-state index >= 15 is 0 Å². The molecule has 0 unspecified atom stereocenters. The molecule has 112 valence electrons. The highest BCUT2D eigenvalue weighted by Crippen LogP contribution is 2.13. The molecule has 1 aromatic rings. The minimum atomic E-state index is -0.532. The third-order valence-corrected chi connectivity index (χ3v) is 2.60. The van der Waals surface area contributed by atoms with E-state index in [0.717, 1.165) is 5.69 Å². The minimum Gasteiger partial charge on any atom is -0.444 e. The molecule has 1 heterocycles. The molecule has 6 nitrogen and oxygen atoms in total. The maximum absolute atomic E-state index is 11.5. The van der Waals surface area contributed by atoms with Gasteiger partial charge in [0.1, 0.15) is 5.60 Å². The highest BCUT2D eigenvalue weighted by atomic mass is 79.9. The summed E-state index contributed by atoms with van der Waals surface area (Å²) in [5, 5.41) is 9.75. The van der Waals surface area contributed by atoms with Crippen LogP contribution in [0.1, 0.15) is 26.5 Å². The van der Waals surface area contributed by atoms with E-state index in [1.807, 2.05) is 0 Å². The van der Waals surface area contributed by atoms with Crippen molar-refractivity contribution in [2.45, 2.75) is 32.1 Å². The lowest BCUT2D eigenvalue weighted by Gasteiger charge is -2.19. The van der Waals surface area contributed by atoms with E-state index < -0.39 is 11.7 Å². The van der Waals surface area contributed by atoms with Crippen LogP contribution in [-0.4, -0.2) is 21.8 Å². The van der Waals surface area contributed by atoms with E-state index in [4.69, 9.17) is 15.9 Å². The lowest BCUT2D eigenvalue weighted by molar-refractivity contribution is 0.0636. The van der Waals surface area contributed by atoms with Gasteiger partial charge in [0.05, 0.1) is 17.6 Å². The zero-order valence-corrected chi connectivity index (χ0v) is 14.1. The van der Waals surface area contributed by atoms with E-state index in [1.165, 1.54) is 11.8 Å². The van der Waals surface area contributed by atoms with Crippen molar-refractivity contribution in [3.63, 3.8) is 0 Å². The topological polar surface area (TPSA) is 101 Å². The molecule has 8 heteroatoms. The van der Waals surface area contributed by atoms with Gasteiger partial charge in [0.25, 0.3) is 0 Å². The third kappa shape index (κ3) is 8.00.